The van der Waals surface area contributed by atoms with Gasteiger partial charge in [0.1, 0.15) is 67.1 Å². The fraction of sp³-hybridized carbons (Fsp3) is 1.00. The molecule has 3 heterocycles. The van der Waals surface area contributed by atoms with Crippen molar-refractivity contribution in [1.82, 2.24) is 0 Å². The zero-order valence-electron chi connectivity index (χ0n) is 17.6. The molecule has 3 fully saturated rings. The van der Waals surface area contributed by atoms with Crippen LogP contribution in [0.4, 0.5) is 0 Å². The van der Waals surface area contributed by atoms with Crippen molar-refractivity contribution >= 4 is 0 Å². The summed E-state index contributed by atoms with van der Waals surface area (Å²) in [6, 6.07) is 0. The molecular weight excluding hydrogens is 456 g/mol. The molecule has 3 rings (SSSR count). The summed E-state index contributed by atoms with van der Waals surface area (Å²) in [5.41, 5.74) is 0. The number of rotatable bonds is 6. The van der Waals surface area contributed by atoms with Crippen LogP contribution in [-0.4, -0.2) is 156 Å². The quantitative estimate of drug-likeness (QED) is 0.167. The maximum absolute atomic E-state index is 10.6. The van der Waals surface area contributed by atoms with E-state index in [1.165, 1.54) is 6.92 Å². The Hall–Kier alpha value is -0.600. The molecule has 3 saturated heterocycles. The van der Waals surface area contributed by atoms with Gasteiger partial charge in [0.2, 0.25) is 0 Å². The molecule has 0 aliphatic carbocycles. The Morgan fingerprint density at radius 2 is 1.21 bits per heavy atom. The summed E-state index contributed by atoms with van der Waals surface area (Å²) in [5, 5.41) is 99.5. The van der Waals surface area contributed by atoms with Gasteiger partial charge in [-0.05, 0) is 6.92 Å². The van der Waals surface area contributed by atoms with Crippen molar-refractivity contribution in [3.63, 3.8) is 0 Å². The number of hydrogen-bond acceptors (Lipinski definition) is 15. The van der Waals surface area contributed by atoms with Crippen LogP contribution in [0.15, 0.2) is 0 Å². The highest BCUT2D eigenvalue weighted by Crippen LogP contribution is 2.29. The number of hydrogen-bond donors (Lipinski definition) is 10. The van der Waals surface area contributed by atoms with Crippen LogP contribution in [0.5, 0.6) is 0 Å². The first-order valence-corrected chi connectivity index (χ1v) is 10.4. The first-order valence-electron chi connectivity index (χ1n) is 10.4. The molecule has 3 aliphatic heterocycles. The summed E-state index contributed by atoms with van der Waals surface area (Å²) < 4.78 is 26.3. The van der Waals surface area contributed by atoms with Gasteiger partial charge in [0.25, 0.3) is 0 Å². The van der Waals surface area contributed by atoms with Gasteiger partial charge < -0.3 is 74.7 Å². The molecule has 0 radical (unpaired) electrons. The fourth-order valence-corrected chi connectivity index (χ4v) is 3.89. The molecule has 0 spiro atoms. The second kappa shape index (κ2) is 11.0. The number of aliphatic hydroxyl groups excluding tert-OH is 10. The van der Waals surface area contributed by atoms with Crippen molar-refractivity contribution < 1.29 is 74.7 Å². The van der Waals surface area contributed by atoms with E-state index >= 15 is 0 Å². The van der Waals surface area contributed by atoms with E-state index in [9.17, 15) is 51.1 Å². The molecule has 15 nitrogen and oxygen atoms in total. The lowest BCUT2D eigenvalue weighted by atomic mass is 9.97. The molecule has 3 aliphatic rings. The van der Waals surface area contributed by atoms with Crippen molar-refractivity contribution in [3.8, 4) is 0 Å². The molecule has 15 heteroatoms. The molecule has 0 aromatic rings. The average molecular weight is 488 g/mol. The highest BCUT2D eigenvalue weighted by Gasteiger charge is 2.50. The van der Waals surface area contributed by atoms with Crippen molar-refractivity contribution in [2.45, 2.75) is 99.0 Å². The van der Waals surface area contributed by atoms with Crippen molar-refractivity contribution in [2.24, 2.45) is 0 Å². The fourth-order valence-electron chi connectivity index (χ4n) is 3.89. The van der Waals surface area contributed by atoms with Crippen LogP contribution in [0, 0.1) is 0 Å². The molecular formula is C18H32O15. The van der Waals surface area contributed by atoms with Crippen LogP contribution in [0.25, 0.3) is 0 Å². The SMILES string of the molecule is C[C@H]1O[C@H](O[C@@H]2[C@@H](O)[C@H](O)O[C@H](CO[C@@H]3O[C@H](CO)[C@@H](O)[C@H](O)[C@H]3O)[C@H]2O)[C@@H](O)[C@@H](O)[C@@H]1O. The summed E-state index contributed by atoms with van der Waals surface area (Å²) in [7, 11) is 0. The third kappa shape index (κ3) is 5.48. The Labute approximate surface area is 187 Å². The molecule has 10 N–H and O–H groups in total. The van der Waals surface area contributed by atoms with Gasteiger partial charge in [-0.2, -0.15) is 0 Å². The summed E-state index contributed by atoms with van der Waals surface area (Å²) in [6.45, 7) is 0.148. The predicted molar refractivity (Wildman–Crippen MR) is 99.8 cm³/mol. The van der Waals surface area contributed by atoms with Crippen LogP contribution in [0.3, 0.4) is 0 Å². The highest BCUT2D eigenvalue weighted by molar-refractivity contribution is 4.94. The third-order valence-corrected chi connectivity index (χ3v) is 6.03. The topological polar surface area (TPSA) is 248 Å². The average Bonchev–Trinajstić information content (AvgIpc) is 2.79. The van der Waals surface area contributed by atoms with E-state index in [-0.39, 0.29) is 0 Å². The van der Waals surface area contributed by atoms with Gasteiger partial charge in [-0.1, -0.05) is 0 Å². The summed E-state index contributed by atoms with van der Waals surface area (Å²) in [5.74, 6) is 0. The summed E-state index contributed by atoms with van der Waals surface area (Å²) in [6.07, 6.45) is -23.5. The van der Waals surface area contributed by atoms with E-state index in [0.29, 0.717) is 0 Å². The van der Waals surface area contributed by atoms with E-state index in [2.05, 4.69) is 0 Å². The van der Waals surface area contributed by atoms with E-state index in [4.69, 9.17) is 23.7 Å². The number of ether oxygens (including phenoxy) is 5. The Morgan fingerprint density at radius 1 is 0.606 bits per heavy atom. The lowest BCUT2D eigenvalue weighted by Crippen LogP contribution is -2.64. The van der Waals surface area contributed by atoms with E-state index in [1.54, 1.807) is 0 Å². The molecule has 0 aromatic carbocycles. The molecule has 0 aromatic heterocycles. The number of aliphatic hydroxyl groups is 10. The molecule has 33 heavy (non-hydrogen) atoms. The maximum atomic E-state index is 10.6. The molecule has 0 unspecified atom stereocenters. The monoisotopic (exact) mass is 488 g/mol. The minimum Gasteiger partial charge on any atom is -0.394 e. The summed E-state index contributed by atoms with van der Waals surface area (Å²) in [4.78, 5) is 0. The van der Waals surface area contributed by atoms with Gasteiger partial charge >= 0.3 is 0 Å². The summed E-state index contributed by atoms with van der Waals surface area (Å²) >= 11 is 0. The van der Waals surface area contributed by atoms with Gasteiger partial charge in [0.15, 0.2) is 18.9 Å². The van der Waals surface area contributed by atoms with E-state index in [0.717, 1.165) is 0 Å². The first kappa shape index (κ1) is 27.0. The Kier molecular flexibility index (Phi) is 8.99. The minimum atomic E-state index is -1.88. The lowest BCUT2D eigenvalue weighted by molar-refractivity contribution is -0.359. The zero-order chi connectivity index (χ0) is 24.6. The third-order valence-electron chi connectivity index (χ3n) is 6.03. The maximum Gasteiger partial charge on any atom is 0.187 e. The van der Waals surface area contributed by atoms with Crippen molar-refractivity contribution in [2.75, 3.05) is 13.2 Å². The smallest absolute Gasteiger partial charge is 0.187 e. The van der Waals surface area contributed by atoms with Crippen LogP contribution in [0.1, 0.15) is 6.92 Å². The molecule has 0 amide bonds. The van der Waals surface area contributed by atoms with Crippen molar-refractivity contribution in [3.05, 3.63) is 0 Å². The van der Waals surface area contributed by atoms with Gasteiger partial charge in [0.05, 0.1) is 19.3 Å². The zero-order valence-corrected chi connectivity index (χ0v) is 17.6. The van der Waals surface area contributed by atoms with Gasteiger partial charge in [0, 0.05) is 0 Å². The van der Waals surface area contributed by atoms with Crippen LogP contribution < -0.4 is 0 Å². The molecule has 15 atom stereocenters. The standard InChI is InChI=1S/C18H32O15/c1-4-7(20)10(23)13(26)18(30-4)33-15-9(22)6(31-16(28)14(15)27)3-29-17-12(25)11(24)8(21)5(2-19)32-17/h4-28H,2-3H2,1H3/t4-,5-,6-,7-,8-,9-,10+,11+,12-,13+,14-,15+,16-,17-,18-/m1/s1. The van der Waals surface area contributed by atoms with Crippen molar-refractivity contribution in [1.29, 1.82) is 0 Å². The van der Waals surface area contributed by atoms with Crippen LogP contribution >= 0.6 is 0 Å². The van der Waals surface area contributed by atoms with E-state index in [1.807, 2.05) is 0 Å². The molecule has 0 saturated carbocycles. The van der Waals surface area contributed by atoms with Crippen LogP contribution in [0.2, 0.25) is 0 Å². The second-order valence-corrected chi connectivity index (χ2v) is 8.36. The Bertz CT molecular complexity index is 624. The van der Waals surface area contributed by atoms with Gasteiger partial charge in [-0.3, -0.25) is 0 Å². The first-order chi connectivity index (χ1) is 15.5. The predicted octanol–water partition coefficient (Wildman–Crippen LogP) is -6.55. The normalized spacial score (nSPS) is 53.7. The Balaban J connectivity index is 1.64. The molecule has 194 valence electrons. The van der Waals surface area contributed by atoms with Gasteiger partial charge in [-0.15, -0.1) is 0 Å². The van der Waals surface area contributed by atoms with Crippen LogP contribution in [-0.2, 0) is 23.7 Å². The Morgan fingerprint density at radius 3 is 1.85 bits per heavy atom. The largest absolute Gasteiger partial charge is 0.394 e. The lowest BCUT2D eigenvalue weighted by Gasteiger charge is -2.45. The highest BCUT2D eigenvalue weighted by atomic mass is 16.7. The van der Waals surface area contributed by atoms with Gasteiger partial charge in [-0.25, -0.2) is 0 Å². The van der Waals surface area contributed by atoms with E-state index < -0.39 is 105 Å². The minimum absolute atomic E-state index is 0.570. The second-order valence-electron chi connectivity index (χ2n) is 8.36. The molecule has 0 bridgehead atoms.